The zero-order valence-electron chi connectivity index (χ0n) is 7.87. The van der Waals surface area contributed by atoms with E-state index in [0.29, 0.717) is 0 Å². The van der Waals surface area contributed by atoms with Gasteiger partial charge in [-0.3, -0.25) is 0 Å². The largest absolute Gasteiger partial charge is 0.502 e. The second-order valence-corrected chi connectivity index (χ2v) is 3.12. The highest BCUT2D eigenvalue weighted by Crippen LogP contribution is 2.43. The van der Waals surface area contributed by atoms with Crippen LogP contribution in [0.4, 0.5) is 14.7 Å². The highest BCUT2D eigenvalue weighted by atomic mass is 19.2. The van der Waals surface area contributed by atoms with E-state index in [0.717, 1.165) is 12.1 Å². The average molecular weight is 227 g/mol. The van der Waals surface area contributed by atoms with Gasteiger partial charge >= 0.3 is 0 Å². The molecule has 0 fully saturated rings. The van der Waals surface area contributed by atoms with Crippen molar-refractivity contribution >= 4 is 5.88 Å². The zero-order chi connectivity index (χ0) is 11.9. The van der Waals surface area contributed by atoms with E-state index in [2.05, 4.69) is 0 Å². The van der Waals surface area contributed by atoms with Gasteiger partial charge in [-0.1, -0.05) is 0 Å². The summed E-state index contributed by atoms with van der Waals surface area (Å²) in [6.45, 7) is 0. The molecule has 0 saturated heterocycles. The van der Waals surface area contributed by atoms with Crippen molar-refractivity contribution in [1.82, 2.24) is 0 Å². The van der Waals surface area contributed by atoms with Crippen molar-refractivity contribution in [3.05, 3.63) is 29.8 Å². The van der Waals surface area contributed by atoms with Crippen molar-refractivity contribution in [1.29, 1.82) is 0 Å². The van der Waals surface area contributed by atoms with Crippen LogP contribution in [0.25, 0.3) is 11.3 Å². The summed E-state index contributed by atoms with van der Waals surface area (Å²) in [5.74, 6) is -3.95. The van der Waals surface area contributed by atoms with E-state index in [1.165, 1.54) is 6.07 Å². The number of halogens is 2. The highest BCUT2D eigenvalue weighted by Gasteiger charge is 2.19. The summed E-state index contributed by atoms with van der Waals surface area (Å²) < 4.78 is 30.4. The fourth-order valence-corrected chi connectivity index (χ4v) is 1.26. The van der Waals surface area contributed by atoms with E-state index in [-0.39, 0.29) is 11.3 Å². The molecular weight excluding hydrogens is 220 g/mol. The highest BCUT2D eigenvalue weighted by molar-refractivity contribution is 5.72. The van der Waals surface area contributed by atoms with Crippen LogP contribution in [0, 0.1) is 11.6 Å². The quantitative estimate of drug-likeness (QED) is 0.697. The molecule has 4 nitrogen and oxygen atoms in total. The molecule has 0 aliphatic heterocycles. The summed E-state index contributed by atoms with van der Waals surface area (Å²) in [7, 11) is 0. The maximum absolute atomic E-state index is 12.9. The summed E-state index contributed by atoms with van der Waals surface area (Å²) in [4.78, 5) is 0. The summed E-state index contributed by atoms with van der Waals surface area (Å²) in [6, 6.07) is 2.89. The van der Waals surface area contributed by atoms with E-state index in [4.69, 9.17) is 10.2 Å². The van der Waals surface area contributed by atoms with E-state index in [9.17, 15) is 19.0 Å². The molecule has 0 radical (unpaired) electrons. The Morgan fingerprint density at radius 3 is 2.25 bits per heavy atom. The Labute approximate surface area is 88.5 Å². The molecule has 84 valence electrons. The van der Waals surface area contributed by atoms with Crippen molar-refractivity contribution in [3.8, 4) is 22.8 Å². The summed E-state index contributed by atoms with van der Waals surface area (Å²) >= 11 is 0. The summed E-state index contributed by atoms with van der Waals surface area (Å²) in [6.07, 6.45) is 0. The number of hydrogen-bond donors (Lipinski definition) is 3. The van der Waals surface area contributed by atoms with Gasteiger partial charge in [-0.25, -0.2) is 8.78 Å². The molecule has 1 aromatic carbocycles. The monoisotopic (exact) mass is 227 g/mol. The van der Waals surface area contributed by atoms with E-state index < -0.39 is 29.0 Å². The molecule has 0 unspecified atom stereocenters. The van der Waals surface area contributed by atoms with Crippen LogP contribution in [-0.4, -0.2) is 10.2 Å². The Hall–Kier alpha value is -2.24. The number of nitrogens with two attached hydrogens (primary N) is 1. The Bertz CT molecular complexity index is 551. The molecule has 0 aliphatic carbocycles. The molecule has 0 saturated carbocycles. The molecule has 0 amide bonds. The Morgan fingerprint density at radius 2 is 1.75 bits per heavy atom. The van der Waals surface area contributed by atoms with Crippen molar-refractivity contribution in [3.63, 3.8) is 0 Å². The third-order valence-corrected chi connectivity index (χ3v) is 2.07. The summed E-state index contributed by atoms with van der Waals surface area (Å²) in [5, 5.41) is 18.6. The van der Waals surface area contributed by atoms with E-state index in [1.807, 2.05) is 0 Å². The van der Waals surface area contributed by atoms with Gasteiger partial charge in [0.2, 0.25) is 17.4 Å². The van der Waals surface area contributed by atoms with Gasteiger partial charge in [-0.15, -0.1) is 0 Å². The standard InChI is InChI=1S/C10H7F2NO3/c11-5-2-1-4(3-6(5)12)9-7(14)8(15)10(13)16-9/h1-3,14-15H,13H2. The van der Waals surface area contributed by atoms with Crippen LogP contribution >= 0.6 is 0 Å². The first-order valence-corrected chi connectivity index (χ1v) is 4.26. The molecule has 0 spiro atoms. The number of aromatic hydroxyl groups is 2. The first-order chi connectivity index (χ1) is 7.50. The molecule has 0 bridgehead atoms. The van der Waals surface area contributed by atoms with Crippen molar-refractivity contribution in [2.24, 2.45) is 0 Å². The van der Waals surface area contributed by atoms with Crippen molar-refractivity contribution in [2.75, 3.05) is 5.73 Å². The SMILES string of the molecule is Nc1oc(-c2ccc(F)c(F)c2)c(O)c1O. The molecular formula is C10H7F2NO3. The van der Waals surface area contributed by atoms with Gasteiger partial charge < -0.3 is 20.4 Å². The fourth-order valence-electron chi connectivity index (χ4n) is 1.26. The van der Waals surface area contributed by atoms with E-state index >= 15 is 0 Å². The lowest BCUT2D eigenvalue weighted by molar-refractivity contribution is 0.410. The number of furan rings is 1. The molecule has 16 heavy (non-hydrogen) atoms. The lowest BCUT2D eigenvalue weighted by atomic mass is 10.1. The predicted molar refractivity (Wildman–Crippen MR) is 51.8 cm³/mol. The molecule has 1 heterocycles. The first kappa shape index (κ1) is 10.3. The molecule has 2 rings (SSSR count). The van der Waals surface area contributed by atoms with Crippen LogP contribution in [0.2, 0.25) is 0 Å². The predicted octanol–water partition coefficient (Wildman–Crippen LogP) is 2.22. The van der Waals surface area contributed by atoms with Gasteiger partial charge in [0.05, 0.1) is 0 Å². The van der Waals surface area contributed by atoms with Gasteiger partial charge in [0.25, 0.3) is 0 Å². The number of benzene rings is 1. The maximum atomic E-state index is 12.9. The van der Waals surface area contributed by atoms with Crippen LogP contribution < -0.4 is 5.73 Å². The number of hydrogen-bond acceptors (Lipinski definition) is 4. The second-order valence-electron chi connectivity index (χ2n) is 3.12. The molecule has 0 atom stereocenters. The first-order valence-electron chi connectivity index (χ1n) is 4.26. The normalized spacial score (nSPS) is 10.6. The Kier molecular flexibility index (Phi) is 2.19. The van der Waals surface area contributed by atoms with Crippen LogP contribution in [0.3, 0.4) is 0 Å². The average Bonchev–Trinajstić information content (AvgIpc) is 2.50. The van der Waals surface area contributed by atoms with Gasteiger partial charge in [-0.2, -0.15) is 0 Å². The third-order valence-electron chi connectivity index (χ3n) is 2.07. The topological polar surface area (TPSA) is 79.6 Å². The minimum Gasteiger partial charge on any atom is -0.502 e. The van der Waals surface area contributed by atoms with Crippen LogP contribution in [0.5, 0.6) is 11.5 Å². The molecule has 4 N–H and O–H groups in total. The van der Waals surface area contributed by atoms with Crippen molar-refractivity contribution < 1.29 is 23.4 Å². The molecule has 0 aliphatic rings. The maximum Gasteiger partial charge on any atom is 0.237 e. The Morgan fingerprint density at radius 1 is 1.06 bits per heavy atom. The van der Waals surface area contributed by atoms with Gasteiger partial charge in [0.1, 0.15) is 0 Å². The summed E-state index contributed by atoms with van der Waals surface area (Å²) in [5.41, 5.74) is 5.27. The molecule has 6 heteroatoms. The van der Waals surface area contributed by atoms with Gasteiger partial charge in [0.15, 0.2) is 17.4 Å². The third kappa shape index (κ3) is 1.44. The molecule has 2 aromatic rings. The van der Waals surface area contributed by atoms with E-state index in [1.54, 1.807) is 0 Å². The lowest BCUT2D eigenvalue weighted by Gasteiger charge is -1.98. The lowest BCUT2D eigenvalue weighted by Crippen LogP contribution is -1.84. The minimum absolute atomic E-state index is 0.0726. The molecule has 1 aromatic heterocycles. The van der Waals surface area contributed by atoms with Crippen molar-refractivity contribution in [2.45, 2.75) is 0 Å². The van der Waals surface area contributed by atoms with Crippen LogP contribution in [-0.2, 0) is 0 Å². The van der Waals surface area contributed by atoms with Gasteiger partial charge in [0, 0.05) is 5.56 Å². The second kappa shape index (κ2) is 3.41. The smallest absolute Gasteiger partial charge is 0.237 e. The fraction of sp³-hybridized carbons (Fsp3) is 0. The number of anilines is 1. The number of nitrogen functional groups attached to an aromatic ring is 1. The Balaban J connectivity index is 2.59. The van der Waals surface area contributed by atoms with Crippen LogP contribution in [0.15, 0.2) is 22.6 Å². The van der Waals surface area contributed by atoms with Gasteiger partial charge in [-0.05, 0) is 18.2 Å². The number of rotatable bonds is 1. The van der Waals surface area contributed by atoms with Crippen LogP contribution in [0.1, 0.15) is 0 Å². The zero-order valence-corrected chi connectivity index (χ0v) is 7.87. The minimum atomic E-state index is -1.09.